The molecular weight excluding hydrogens is 216 g/mol. The minimum Gasteiger partial charge on any atom is -0.481 e. The zero-order valence-corrected chi connectivity index (χ0v) is 9.59. The molecule has 2 rings (SSSR count). The molecule has 0 aromatic carbocycles. The van der Waals surface area contributed by atoms with Crippen molar-refractivity contribution in [2.75, 3.05) is 11.5 Å². The summed E-state index contributed by atoms with van der Waals surface area (Å²) in [5, 5.41) is 8.90. The fourth-order valence-corrected chi connectivity index (χ4v) is 4.68. The number of rotatable bonds is 2. The van der Waals surface area contributed by atoms with Gasteiger partial charge < -0.3 is 5.11 Å². The van der Waals surface area contributed by atoms with Crippen LogP contribution < -0.4 is 0 Å². The Balaban J connectivity index is 2.10. The summed E-state index contributed by atoms with van der Waals surface area (Å²) < 4.78 is 22.9. The molecule has 0 spiro atoms. The molecule has 3 atom stereocenters. The Morgan fingerprint density at radius 3 is 2.60 bits per heavy atom. The van der Waals surface area contributed by atoms with E-state index in [-0.39, 0.29) is 28.8 Å². The summed E-state index contributed by atoms with van der Waals surface area (Å²) in [4.78, 5) is 10.8. The summed E-state index contributed by atoms with van der Waals surface area (Å²) in [6.07, 6.45) is 2.19. The van der Waals surface area contributed by atoms with E-state index in [1.54, 1.807) is 0 Å². The van der Waals surface area contributed by atoms with Crippen molar-refractivity contribution in [1.29, 1.82) is 0 Å². The molecule has 1 saturated heterocycles. The third kappa shape index (κ3) is 1.89. The van der Waals surface area contributed by atoms with Gasteiger partial charge in [0.05, 0.1) is 17.4 Å². The minimum absolute atomic E-state index is 0.0531. The summed E-state index contributed by atoms with van der Waals surface area (Å²) >= 11 is 0. The Morgan fingerprint density at radius 1 is 1.47 bits per heavy atom. The largest absolute Gasteiger partial charge is 0.481 e. The van der Waals surface area contributed by atoms with Crippen LogP contribution in [0.5, 0.6) is 0 Å². The van der Waals surface area contributed by atoms with E-state index >= 15 is 0 Å². The van der Waals surface area contributed by atoms with Crippen LogP contribution in [-0.4, -0.2) is 31.0 Å². The second kappa shape index (κ2) is 3.20. The Kier molecular flexibility index (Phi) is 2.33. The van der Waals surface area contributed by atoms with Gasteiger partial charge >= 0.3 is 5.97 Å². The lowest BCUT2D eigenvalue weighted by Crippen LogP contribution is -2.31. The first-order chi connectivity index (χ1) is 6.85. The second-order valence-corrected chi connectivity index (χ2v) is 7.28. The molecule has 2 fully saturated rings. The van der Waals surface area contributed by atoms with Crippen molar-refractivity contribution in [1.82, 2.24) is 0 Å². The number of hydrogen-bond acceptors (Lipinski definition) is 3. The van der Waals surface area contributed by atoms with E-state index in [9.17, 15) is 13.2 Å². The Hall–Kier alpha value is -0.580. The quantitative estimate of drug-likeness (QED) is 0.768. The van der Waals surface area contributed by atoms with Crippen molar-refractivity contribution >= 4 is 15.8 Å². The molecule has 0 aromatic heterocycles. The highest BCUT2D eigenvalue weighted by molar-refractivity contribution is 7.91. The molecule has 0 aromatic rings. The molecule has 5 heteroatoms. The van der Waals surface area contributed by atoms with Crippen molar-refractivity contribution in [2.45, 2.75) is 26.2 Å². The number of aliphatic carboxylic acids is 1. The Labute approximate surface area is 89.6 Å². The van der Waals surface area contributed by atoms with Gasteiger partial charge in [-0.15, -0.1) is 0 Å². The van der Waals surface area contributed by atoms with Gasteiger partial charge in [-0.3, -0.25) is 4.79 Å². The van der Waals surface area contributed by atoms with Crippen molar-refractivity contribution in [3.63, 3.8) is 0 Å². The summed E-state index contributed by atoms with van der Waals surface area (Å²) in [5.74, 6) is -0.585. The molecule has 2 aliphatic rings. The van der Waals surface area contributed by atoms with Gasteiger partial charge in [-0.05, 0) is 30.6 Å². The standard InChI is InChI=1S/C10H16O4S/c1-10(5-8(10)9(11)12)7-3-2-4-15(13,14)6-7/h7-8H,2-6H2,1H3,(H,11,12)/t7?,8-,10-/m1/s1. The van der Waals surface area contributed by atoms with E-state index in [0.29, 0.717) is 12.8 Å². The van der Waals surface area contributed by atoms with E-state index in [0.717, 1.165) is 6.42 Å². The molecule has 15 heavy (non-hydrogen) atoms. The van der Waals surface area contributed by atoms with E-state index in [2.05, 4.69) is 0 Å². The first-order valence-corrected chi connectivity index (χ1v) is 7.10. The third-order valence-corrected chi connectivity index (χ3v) is 5.79. The lowest BCUT2D eigenvalue weighted by atomic mass is 9.86. The zero-order valence-electron chi connectivity index (χ0n) is 8.77. The summed E-state index contributed by atoms with van der Waals surface area (Å²) in [6, 6.07) is 0. The molecule has 1 N–H and O–H groups in total. The van der Waals surface area contributed by atoms with Crippen LogP contribution in [0.1, 0.15) is 26.2 Å². The first kappa shape index (κ1) is 10.9. The fourth-order valence-electron chi connectivity index (χ4n) is 2.74. The van der Waals surface area contributed by atoms with Crippen molar-refractivity contribution in [3.8, 4) is 0 Å². The molecule has 1 saturated carbocycles. The predicted molar refractivity (Wildman–Crippen MR) is 55.2 cm³/mol. The molecule has 0 amide bonds. The van der Waals surface area contributed by atoms with Crippen LogP contribution in [0.4, 0.5) is 0 Å². The van der Waals surface area contributed by atoms with E-state index in [4.69, 9.17) is 5.11 Å². The Morgan fingerprint density at radius 2 is 2.13 bits per heavy atom. The average Bonchev–Trinajstić information content (AvgIpc) is 2.78. The monoisotopic (exact) mass is 232 g/mol. The van der Waals surface area contributed by atoms with Gasteiger partial charge in [-0.1, -0.05) is 6.92 Å². The maximum absolute atomic E-state index is 11.5. The molecular formula is C10H16O4S. The number of hydrogen-bond donors (Lipinski definition) is 1. The van der Waals surface area contributed by atoms with Gasteiger partial charge in [-0.25, -0.2) is 8.42 Å². The lowest BCUT2D eigenvalue weighted by molar-refractivity contribution is -0.139. The first-order valence-electron chi connectivity index (χ1n) is 5.28. The summed E-state index contributed by atoms with van der Waals surface area (Å²) in [5.41, 5.74) is -0.265. The number of carboxylic acid groups (broad SMARTS) is 1. The van der Waals surface area contributed by atoms with Crippen molar-refractivity contribution < 1.29 is 18.3 Å². The van der Waals surface area contributed by atoms with Gasteiger partial charge in [0.15, 0.2) is 9.84 Å². The number of carbonyl (C=O) groups is 1. The minimum atomic E-state index is -2.92. The molecule has 0 bridgehead atoms. The average molecular weight is 232 g/mol. The third-order valence-electron chi connectivity index (χ3n) is 3.97. The highest BCUT2D eigenvalue weighted by Gasteiger charge is 2.59. The maximum Gasteiger partial charge on any atom is 0.307 e. The molecule has 1 heterocycles. The van der Waals surface area contributed by atoms with Crippen LogP contribution in [0.15, 0.2) is 0 Å². The number of carboxylic acids is 1. The normalized spacial score (nSPS) is 43.5. The van der Waals surface area contributed by atoms with E-state index < -0.39 is 15.8 Å². The van der Waals surface area contributed by atoms with Crippen molar-refractivity contribution in [3.05, 3.63) is 0 Å². The lowest BCUT2D eigenvalue weighted by Gasteiger charge is -2.27. The molecule has 86 valence electrons. The van der Waals surface area contributed by atoms with Gasteiger partial charge in [0, 0.05) is 0 Å². The summed E-state index contributed by atoms with van der Waals surface area (Å²) in [6.45, 7) is 1.91. The molecule has 4 nitrogen and oxygen atoms in total. The fraction of sp³-hybridized carbons (Fsp3) is 0.900. The van der Waals surface area contributed by atoms with E-state index in [1.807, 2.05) is 6.92 Å². The van der Waals surface area contributed by atoms with Gasteiger partial charge in [-0.2, -0.15) is 0 Å². The van der Waals surface area contributed by atoms with Crippen LogP contribution >= 0.6 is 0 Å². The molecule has 1 aliphatic carbocycles. The second-order valence-electron chi connectivity index (χ2n) is 5.05. The smallest absolute Gasteiger partial charge is 0.307 e. The molecule has 1 unspecified atom stereocenters. The topological polar surface area (TPSA) is 71.4 Å². The highest BCUT2D eigenvalue weighted by Crippen LogP contribution is 2.59. The summed E-state index contributed by atoms with van der Waals surface area (Å²) in [7, 11) is -2.92. The number of sulfone groups is 1. The highest BCUT2D eigenvalue weighted by atomic mass is 32.2. The van der Waals surface area contributed by atoms with Gasteiger partial charge in [0.25, 0.3) is 0 Å². The van der Waals surface area contributed by atoms with Crippen LogP contribution in [-0.2, 0) is 14.6 Å². The van der Waals surface area contributed by atoms with Gasteiger partial charge in [0.2, 0.25) is 0 Å². The van der Waals surface area contributed by atoms with Crippen LogP contribution in [0.25, 0.3) is 0 Å². The van der Waals surface area contributed by atoms with Crippen LogP contribution in [0.2, 0.25) is 0 Å². The van der Waals surface area contributed by atoms with Crippen molar-refractivity contribution in [2.24, 2.45) is 17.3 Å². The van der Waals surface area contributed by atoms with Crippen LogP contribution in [0.3, 0.4) is 0 Å². The maximum atomic E-state index is 11.5. The van der Waals surface area contributed by atoms with Gasteiger partial charge in [0.1, 0.15) is 0 Å². The molecule has 0 radical (unpaired) electrons. The molecule has 1 aliphatic heterocycles. The Bertz CT molecular complexity index is 386. The van der Waals surface area contributed by atoms with Crippen LogP contribution in [0, 0.1) is 17.3 Å². The zero-order chi connectivity index (χ0) is 11.3. The predicted octanol–water partition coefficient (Wildman–Crippen LogP) is 0.922. The van der Waals surface area contributed by atoms with E-state index in [1.165, 1.54) is 0 Å². The SMILES string of the molecule is C[C@]1(C2CCCS(=O)(=O)C2)C[C@@H]1C(=O)O.